The molecule has 180 valence electrons. The van der Waals surface area contributed by atoms with E-state index in [1.165, 1.54) is 30.4 Å². The van der Waals surface area contributed by atoms with Crippen molar-refractivity contribution in [2.24, 2.45) is 0 Å². The molecule has 0 N–H and O–H groups in total. The summed E-state index contributed by atoms with van der Waals surface area (Å²) in [4.78, 5) is 29.6. The first-order chi connectivity index (χ1) is 16.0. The molecule has 0 spiro atoms. The third-order valence-electron chi connectivity index (χ3n) is 5.23. The van der Waals surface area contributed by atoms with Gasteiger partial charge in [0.2, 0.25) is 0 Å². The van der Waals surface area contributed by atoms with Crippen LogP contribution in [0.15, 0.2) is 42.5 Å². The molecule has 4 nitrogen and oxygen atoms in total. The van der Waals surface area contributed by atoms with Crippen molar-refractivity contribution in [2.75, 3.05) is 6.61 Å². The Bertz CT molecular complexity index is 1180. The molecular weight excluding hydrogens is 463 g/mol. The summed E-state index contributed by atoms with van der Waals surface area (Å²) >= 11 is 1.45. The zero-order chi connectivity index (χ0) is 25.0. The largest absolute Gasteiger partial charge is 0.486 e. The highest BCUT2D eigenvalue weighted by molar-refractivity contribution is 7.15. The highest BCUT2D eigenvalue weighted by Crippen LogP contribution is 2.36. The van der Waals surface area contributed by atoms with E-state index >= 15 is 0 Å². The summed E-state index contributed by atoms with van der Waals surface area (Å²) in [5, 5.41) is 0.641. The number of aryl methyl sites for hydroxylation is 2. The number of carbonyl (C=O) groups is 2. The molecule has 34 heavy (non-hydrogen) atoms. The van der Waals surface area contributed by atoms with E-state index in [1.54, 1.807) is 18.2 Å². The number of carbonyl (C=O) groups excluding carboxylic acids is 2. The summed E-state index contributed by atoms with van der Waals surface area (Å²) in [5.74, 6) is 0.611. The van der Waals surface area contributed by atoms with Crippen molar-refractivity contribution in [3.63, 3.8) is 0 Å². The van der Waals surface area contributed by atoms with Gasteiger partial charge in [0, 0.05) is 22.4 Å². The molecule has 8 heteroatoms. The fraction of sp³-hybridized carbons (Fsp3) is 0.346. The Labute approximate surface area is 200 Å². The number of thiazole rings is 1. The zero-order valence-corrected chi connectivity index (χ0v) is 20.3. The van der Waals surface area contributed by atoms with Gasteiger partial charge in [-0.1, -0.05) is 26.0 Å². The molecule has 0 amide bonds. The maximum Gasteiger partial charge on any atom is 0.416 e. The van der Waals surface area contributed by atoms with Crippen LogP contribution in [0.2, 0.25) is 0 Å². The van der Waals surface area contributed by atoms with E-state index in [1.807, 2.05) is 20.8 Å². The van der Waals surface area contributed by atoms with Gasteiger partial charge in [0.1, 0.15) is 17.4 Å². The van der Waals surface area contributed by atoms with Crippen LogP contribution < -0.4 is 4.74 Å². The van der Waals surface area contributed by atoms with Crippen LogP contribution in [-0.4, -0.2) is 23.2 Å². The van der Waals surface area contributed by atoms with Crippen LogP contribution >= 0.6 is 11.3 Å². The van der Waals surface area contributed by atoms with Crippen molar-refractivity contribution in [2.45, 2.75) is 52.6 Å². The number of ketones is 2. The molecule has 2 aromatic carbocycles. The Hall–Kier alpha value is -3.00. The molecule has 0 atom stereocenters. The number of hydrogen-bond donors (Lipinski definition) is 0. The van der Waals surface area contributed by atoms with Crippen LogP contribution in [-0.2, 0) is 17.4 Å². The summed E-state index contributed by atoms with van der Waals surface area (Å²) in [6.45, 7) is 7.30. The lowest BCUT2D eigenvalue weighted by atomic mass is 10.0. The molecule has 0 radical (unpaired) electrons. The fourth-order valence-corrected chi connectivity index (χ4v) is 4.58. The number of hydrogen-bond acceptors (Lipinski definition) is 5. The van der Waals surface area contributed by atoms with Gasteiger partial charge in [0.25, 0.3) is 0 Å². The Morgan fingerprint density at radius 1 is 1.09 bits per heavy atom. The minimum absolute atomic E-state index is 0.0167. The number of ether oxygens (including phenoxy) is 1. The van der Waals surface area contributed by atoms with Gasteiger partial charge in [0.15, 0.2) is 11.6 Å². The van der Waals surface area contributed by atoms with Gasteiger partial charge in [-0.05, 0) is 62.1 Å². The number of alkyl halides is 3. The Balaban J connectivity index is 1.74. The summed E-state index contributed by atoms with van der Waals surface area (Å²) in [6, 6.07) is 10.1. The van der Waals surface area contributed by atoms with Crippen molar-refractivity contribution in [3.05, 3.63) is 69.7 Å². The molecule has 0 aliphatic carbocycles. The molecule has 1 heterocycles. The lowest BCUT2D eigenvalue weighted by molar-refractivity contribution is -0.137. The van der Waals surface area contributed by atoms with E-state index < -0.39 is 11.7 Å². The smallest absolute Gasteiger partial charge is 0.416 e. The lowest BCUT2D eigenvalue weighted by Crippen LogP contribution is -2.08. The van der Waals surface area contributed by atoms with Gasteiger partial charge in [-0.15, -0.1) is 11.3 Å². The van der Waals surface area contributed by atoms with Gasteiger partial charge >= 0.3 is 6.18 Å². The SMILES string of the molecule is CC(=O)COc1ccc(C(=O)CCc2nc(-c3ccc(C(F)(F)F)cc3)sc2C(C)C)cc1C. The highest BCUT2D eigenvalue weighted by Gasteiger charge is 2.30. The number of nitrogens with zero attached hydrogens (tertiary/aromatic N) is 1. The number of rotatable bonds is 9. The first-order valence-corrected chi connectivity index (χ1v) is 11.7. The van der Waals surface area contributed by atoms with Crippen molar-refractivity contribution >= 4 is 22.9 Å². The molecule has 3 rings (SSSR count). The Kier molecular flexibility index (Phi) is 7.92. The molecule has 0 fully saturated rings. The second-order valence-electron chi connectivity index (χ2n) is 8.45. The van der Waals surface area contributed by atoms with Gasteiger partial charge < -0.3 is 4.74 Å². The molecule has 0 unspecified atom stereocenters. The molecule has 3 aromatic rings. The highest BCUT2D eigenvalue weighted by atomic mass is 32.1. The van der Waals surface area contributed by atoms with Crippen molar-refractivity contribution in [3.8, 4) is 16.3 Å². The van der Waals surface area contributed by atoms with Gasteiger partial charge in [-0.3, -0.25) is 9.59 Å². The molecule has 0 saturated heterocycles. The van der Waals surface area contributed by atoms with Gasteiger partial charge in [-0.2, -0.15) is 13.2 Å². The van der Waals surface area contributed by atoms with Crippen LogP contribution in [0.1, 0.15) is 65.2 Å². The average molecular weight is 490 g/mol. The second kappa shape index (κ2) is 10.5. The molecular formula is C26H26F3NO3S. The summed E-state index contributed by atoms with van der Waals surface area (Å²) < 4.78 is 44.0. The quantitative estimate of drug-likeness (QED) is 0.302. The van der Waals surface area contributed by atoms with E-state index in [-0.39, 0.29) is 30.5 Å². The summed E-state index contributed by atoms with van der Waals surface area (Å²) in [6.07, 6.45) is -3.69. The maximum atomic E-state index is 12.9. The van der Waals surface area contributed by atoms with E-state index in [4.69, 9.17) is 4.74 Å². The fourth-order valence-electron chi connectivity index (χ4n) is 3.46. The van der Waals surface area contributed by atoms with Crippen LogP contribution in [0.4, 0.5) is 13.2 Å². The van der Waals surface area contributed by atoms with Gasteiger partial charge in [-0.25, -0.2) is 4.98 Å². The Morgan fingerprint density at radius 2 is 1.76 bits per heavy atom. The average Bonchev–Trinajstić information content (AvgIpc) is 3.20. The van der Waals surface area contributed by atoms with Crippen LogP contribution in [0, 0.1) is 6.92 Å². The summed E-state index contributed by atoms with van der Waals surface area (Å²) in [5.41, 5.74) is 2.04. The normalized spacial score (nSPS) is 11.6. The standard InChI is InChI=1S/C26H26F3NO3S/c1-15(2)24-21(30-25(34-24)18-5-8-20(9-6-18)26(27,28)29)10-11-22(32)19-7-12-23(16(3)13-19)33-14-17(4)31/h5-9,12-13,15H,10-11,14H2,1-4H3. The van der Waals surface area contributed by atoms with Crippen molar-refractivity contribution < 1.29 is 27.5 Å². The number of halogens is 3. The summed E-state index contributed by atoms with van der Waals surface area (Å²) in [7, 11) is 0. The van der Waals surface area contributed by atoms with E-state index in [0.717, 1.165) is 28.3 Å². The van der Waals surface area contributed by atoms with E-state index in [9.17, 15) is 22.8 Å². The predicted molar refractivity (Wildman–Crippen MR) is 127 cm³/mol. The Morgan fingerprint density at radius 3 is 2.32 bits per heavy atom. The predicted octanol–water partition coefficient (Wildman–Crippen LogP) is 7.04. The maximum absolute atomic E-state index is 12.9. The minimum Gasteiger partial charge on any atom is -0.486 e. The van der Waals surface area contributed by atoms with Crippen LogP contribution in [0.25, 0.3) is 10.6 Å². The van der Waals surface area contributed by atoms with Crippen LogP contribution in [0.3, 0.4) is 0 Å². The first kappa shape index (κ1) is 25.6. The zero-order valence-electron chi connectivity index (χ0n) is 19.5. The minimum atomic E-state index is -4.38. The number of benzene rings is 2. The molecule has 0 bridgehead atoms. The third kappa shape index (κ3) is 6.32. The van der Waals surface area contributed by atoms with Crippen LogP contribution in [0.5, 0.6) is 5.75 Å². The van der Waals surface area contributed by atoms with Crippen molar-refractivity contribution in [1.82, 2.24) is 4.98 Å². The third-order valence-corrected chi connectivity index (χ3v) is 6.68. The molecule has 0 aliphatic heterocycles. The van der Waals surface area contributed by atoms with E-state index in [0.29, 0.717) is 28.3 Å². The lowest BCUT2D eigenvalue weighted by Gasteiger charge is -2.09. The molecule has 1 aromatic heterocycles. The molecule has 0 aliphatic rings. The second-order valence-corrected chi connectivity index (χ2v) is 9.48. The monoisotopic (exact) mass is 489 g/mol. The van der Waals surface area contributed by atoms with Gasteiger partial charge in [0.05, 0.1) is 11.3 Å². The van der Waals surface area contributed by atoms with E-state index in [2.05, 4.69) is 4.98 Å². The topological polar surface area (TPSA) is 56.3 Å². The first-order valence-electron chi connectivity index (χ1n) is 10.9. The number of Topliss-reactive ketones (excluding diaryl/α,β-unsaturated/α-hetero) is 2. The number of aromatic nitrogens is 1. The van der Waals surface area contributed by atoms with Crippen molar-refractivity contribution in [1.29, 1.82) is 0 Å². The molecule has 0 saturated carbocycles.